The Morgan fingerprint density at radius 3 is 2.79 bits per heavy atom. The van der Waals surface area contributed by atoms with E-state index in [9.17, 15) is 4.79 Å². The second kappa shape index (κ2) is 5.51. The molecule has 3 aliphatic rings. The molecular weight excluding hydrogens is 300 g/mol. The largest absolute Gasteiger partial charge is 0.497 e. The highest BCUT2D eigenvalue weighted by Crippen LogP contribution is 2.56. The predicted octanol–water partition coefficient (Wildman–Crippen LogP) is 4.46. The van der Waals surface area contributed by atoms with Gasteiger partial charge in [0.2, 0.25) is 0 Å². The third kappa shape index (κ3) is 2.21. The van der Waals surface area contributed by atoms with Gasteiger partial charge in [0, 0.05) is 18.8 Å². The highest BCUT2D eigenvalue weighted by molar-refractivity contribution is 5.79. The summed E-state index contributed by atoms with van der Waals surface area (Å²) in [6.07, 6.45) is 7.38. The van der Waals surface area contributed by atoms with Gasteiger partial charge >= 0.3 is 5.97 Å². The smallest absolute Gasteiger partial charge is 0.302 e. The lowest BCUT2D eigenvalue weighted by Gasteiger charge is -2.41. The minimum Gasteiger partial charge on any atom is -0.497 e. The molecular formula is C21H24O3. The first kappa shape index (κ1) is 15.5. The number of carbonyl (C=O) groups excluding carboxylic acids is 1. The Balaban J connectivity index is 1.73. The molecule has 1 aromatic carbocycles. The third-order valence-corrected chi connectivity index (χ3v) is 6.04. The molecule has 1 unspecified atom stereocenters. The van der Waals surface area contributed by atoms with Crippen molar-refractivity contribution in [2.75, 3.05) is 7.11 Å². The zero-order valence-electron chi connectivity index (χ0n) is 14.6. The van der Waals surface area contributed by atoms with Crippen molar-refractivity contribution in [3.63, 3.8) is 0 Å². The van der Waals surface area contributed by atoms with Gasteiger partial charge in [-0.1, -0.05) is 19.1 Å². The topological polar surface area (TPSA) is 35.5 Å². The van der Waals surface area contributed by atoms with Crippen molar-refractivity contribution in [1.82, 2.24) is 0 Å². The minimum absolute atomic E-state index is 0.00341. The maximum Gasteiger partial charge on any atom is 0.302 e. The van der Waals surface area contributed by atoms with Gasteiger partial charge in [-0.3, -0.25) is 4.79 Å². The lowest BCUT2D eigenvalue weighted by atomic mass is 9.65. The summed E-state index contributed by atoms with van der Waals surface area (Å²) in [5.74, 6) is 0.769. The maximum atomic E-state index is 11.5. The molecule has 0 heterocycles. The fourth-order valence-corrected chi connectivity index (χ4v) is 4.77. The number of benzene rings is 1. The number of esters is 1. The van der Waals surface area contributed by atoms with Crippen molar-refractivity contribution in [1.29, 1.82) is 0 Å². The first-order valence-electron chi connectivity index (χ1n) is 8.80. The van der Waals surface area contributed by atoms with Gasteiger partial charge < -0.3 is 9.47 Å². The van der Waals surface area contributed by atoms with E-state index in [1.807, 2.05) is 0 Å². The summed E-state index contributed by atoms with van der Waals surface area (Å²) in [4.78, 5) is 11.5. The Morgan fingerprint density at radius 2 is 2.04 bits per heavy atom. The number of allylic oxidation sites excluding steroid dienone is 2. The molecule has 0 saturated heterocycles. The quantitative estimate of drug-likeness (QED) is 0.754. The minimum atomic E-state index is -0.170. The molecule has 126 valence electrons. The number of hydrogen-bond donors (Lipinski definition) is 0. The van der Waals surface area contributed by atoms with Gasteiger partial charge in [-0.25, -0.2) is 0 Å². The molecule has 0 spiro atoms. The van der Waals surface area contributed by atoms with Gasteiger partial charge in [-0.15, -0.1) is 0 Å². The van der Waals surface area contributed by atoms with Crippen LogP contribution in [0.15, 0.2) is 35.4 Å². The van der Waals surface area contributed by atoms with E-state index < -0.39 is 0 Å². The van der Waals surface area contributed by atoms with Crippen LogP contribution in [0.1, 0.15) is 50.7 Å². The molecule has 2 atom stereocenters. The van der Waals surface area contributed by atoms with E-state index in [0.717, 1.165) is 37.9 Å². The Labute approximate surface area is 143 Å². The van der Waals surface area contributed by atoms with Crippen LogP contribution in [0, 0.1) is 5.41 Å². The number of hydrogen-bond acceptors (Lipinski definition) is 3. The summed E-state index contributed by atoms with van der Waals surface area (Å²) in [5, 5.41) is 0. The van der Waals surface area contributed by atoms with E-state index in [4.69, 9.17) is 9.47 Å². The standard InChI is InChI=1S/C21H24O3/c1-13(22)24-20-9-8-19-18-6-4-14-12-15(23-3)5-7-16(14)17(18)10-11-21(19,20)2/h5,7-8,12,20H,4,6,9-11H2,1-3H3/t20-,21?/m0/s1. The summed E-state index contributed by atoms with van der Waals surface area (Å²) >= 11 is 0. The third-order valence-electron chi connectivity index (χ3n) is 6.04. The monoisotopic (exact) mass is 324 g/mol. The average molecular weight is 324 g/mol. The number of methoxy groups -OCH3 is 1. The highest BCUT2D eigenvalue weighted by atomic mass is 16.5. The molecule has 3 heteroatoms. The van der Waals surface area contributed by atoms with Gasteiger partial charge in [0.1, 0.15) is 11.9 Å². The number of fused-ring (bicyclic) bond motifs is 4. The Hall–Kier alpha value is -2.03. The number of rotatable bonds is 2. The Morgan fingerprint density at radius 1 is 1.21 bits per heavy atom. The number of ether oxygens (including phenoxy) is 2. The first-order valence-corrected chi connectivity index (χ1v) is 8.80. The summed E-state index contributed by atoms with van der Waals surface area (Å²) < 4.78 is 11.0. The van der Waals surface area contributed by atoms with Crippen molar-refractivity contribution in [2.45, 2.75) is 52.1 Å². The van der Waals surface area contributed by atoms with E-state index in [2.05, 4.69) is 31.2 Å². The van der Waals surface area contributed by atoms with E-state index in [-0.39, 0.29) is 17.5 Å². The molecule has 1 aromatic rings. The Kier molecular flexibility index (Phi) is 3.56. The molecule has 3 aliphatic carbocycles. The second-order valence-corrected chi connectivity index (χ2v) is 7.35. The molecule has 0 fully saturated rings. The van der Waals surface area contributed by atoms with Crippen molar-refractivity contribution in [3.05, 3.63) is 46.5 Å². The van der Waals surface area contributed by atoms with E-state index in [1.165, 1.54) is 34.8 Å². The number of carbonyl (C=O) groups is 1. The number of aryl methyl sites for hydroxylation is 1. The van der Waals surface area contributed by atoms with Crippen LogP contribution in [0.25, 0.3) is 5.57 Å². The summed E-state index contributed by atoms with van der Waals surface area (Å²) in [6.45, 7) is 3.78. The Bertz CT molecular complexity index is 771. The molecule has 24 heavy (non-hydrogen) atoms. The molecule has 0 amide bonds. The maximum absolute atomic E-state index is 11.5. The second-order valence-electron chi connectivity index (χ2n) is 7.35. The lowest BCUT2D eigenvalue weighted by Crippen LogP contribution is -2.36. The molecule has 0 aromatic heterocycles. The molecule has 0 N–H and O–H groups in total. The van der Waals surface area contributed by atoms with Gasteiger partial charge in [0.15, 0.2) is 0 Å². The van der Waals surface area contributed by atoms with Crippen LogP contribution in [0.4, 0.5) is 0 Å². The van der Waals surface area contributed by atoms with Gasteiger partial charge in [0.25, 0.3) is 0 Å². The van der Waals surface area contributed by atoms with Gasteiger partial charge in [0.05, 0.1) is 7.11 Å². The van der Waals surface area contributed by atoms with Crippen LogP contribution in [0.3, 0.4) is 0 Å². The average Bonchev–Trinajstić information content (AvgIpc) is 2.90. The van der Waals surface area contributed by atoms with Crippen molar-refractivity contribution < 1.29 is 14.3 Å². The first-order chi connectivity index (χ1) is 11.5. The summed E-state index contributed by atoms with van der Waals surface area (Å²) in [6, 6.07) is 6.45. The molecule has 0 saturated carbocycles. The summed E-state index contributed by atoms with van der Waals surface area (Å²) in [5.41, 5.74) is 7.18. The van der Waals surface area contributed by atoms with Crippen LogP contribution in [0.2, 0.25) is 0 Å². The normalized spacial score (nSPS) is 27.8. The zero-order chi connectivity index (χ0) is 16.9. The fraction of sp³-hybridized carbons (Fsp3) is 0.476. The van der Waals surface area contributed by atoms with E-state index in [0.29, 0.717) is 0 Å². The lowest BCUT2D eigenvalue weighted by molar-refractivity contribution is -0.150. The molecule has 0 aliphatic heterocycles. The SMILES string of the molecule is COc1ccc2c(c1)CCC1=C2CCC2(C)C1=CC[C@@H]2OC(C)=O. The van der Waals surface area contributed by atoms with Crippen LogP contribution in [-0.2, 0) is 16.0 Å². The fourth-order valence-electron chi connectivity index (χ4n) is 4.77. The van der Waals surface area contributed by atoms with Crippen molar-refractivity contribution >= 4 is 11.5 Å². The van der Waals surface area contributed by atoms with Crippen LogP contribution in [-0.4, -0.2) is 19.2 Å². The van der Waals surface area contributed by atoms with Crippen molar-refractivity contribution in [2.24, 2.45) is 5.41 Å². The molecule has 4 rings (SSSR count). The van der Waals surface area contributed by atoms with Gasteiger partial charge in [-0.2, -0.15) is 0 Å². The van der Waals surface area contributed by atoms with Crippen LogP contribution < -0.4 is 4.74 Å². The highest BCUT2D eigenvalue weighted by Gasteiger charge is 2.47. The zero-order valence-corrected chi connectivity index (χ0v) is 14.6. The summed E-state index contributed by atoms with van der Waals surface area (Å²) in [7, 11) is 1.72. The van der Waals surface area contributed by atoms with Crippen LogP contribution in [0.5, 0.6) is 5.75 Å². The predicted molar refractivity (Wildman–Crippen MR) is 93.8 cm³/mol. The van der Waals surface area contributed by atoms with E-state index in [1.54, 1.807) is 7.11 Å². The van der Waals surface area contributed by atoms with E-state index >= 15 is 0 Å². The molecule has 0 radical (unpaired) electrons. The molecule has 0 bridgehead atoms. The molecule has 3 nitrogen and oxygen atoms in total. The van der Waals surface area contributed by atoms with Gasteiger partial charge in [-0.05, 0) is 65.7 Å². The van der Waals surface area contributed by atoms with Crippen molar-refractivity contribution in [3.8, 4) is 5.75 Å². The van der Waals surface area contributed by atoms with Crippen LogP contribution >= 0.6 is 0 Å².